The normalized spacial score (nSPS) is 15.5. The Morgan fingerprint density at radius 3 is 2.82 bits per heavy atom. The molecule has 0 saturated heterocycles. The molecule has 2 aromatic heterocycles. The van der Waals surface area contributed by atoms with E-state index < -0.39 is 10.0 Å². The number of nitrogens with one attached hydrogen (secondary N) is 1. The largest absolute Gasteiger partial charge is 0.302 e. The molecule has 3 rings (SSSR count). The average Bonchev–Trinajstić information content (AvgIpc) is 3.02. The Labute approximate surface area is 140 Å². The third-order valence-electron chi connectivity index (χ3n) is 3.12. The molecular weight excluding hydrogens is 366 g/mol. The SMILES string of the molecule is CC(=O)Nc1nc2c(s1)CN(S(=O)(=O)c1ccc(Cl)s1)CC2. The standard InChI is InChI=1S/C12H12ClN3O3S3/c1-7(17)14-12-15-8-4-5-16(6-9(8)20-12)22(18,19)11-3-2-10(13)21-11/h2-3H,4-6H2,1H3,(H,14,15,17). The molecule has 0 saturated carbocycles. The van der Waals surface area contributed by atoms with Crippen molar-refractivity contribution in [2.75, 3.05) is 11.9 Å². The van der Waals surface area contributed by atoms with Gasteiger partial charge in [-0.25, -0.2) is 13.4 Å². The van der Waals surface area contributed by atoms with Gasteiger partial charge in [-0.05, 0) is 12.1 Å². The minimum atomic E-state index is -3.54. The molecule has 0 fully saturated rings. The molecule has 0 radical (unpaired) electrons. The maximum absolute atomic E-state index is 12.6. The van der Waals surface area contributed by atoms with E-state index >= 15 is 0 Å². The second kappa shape index (κ2) is 5.89. The molecule has 1 aliphatic heterocycles. The van der Waals surface area contributed by atoms with Crippen LogP contribution < -0.4 is 5.32 Å². The first-order valence-corrected chi connectivity index (χ1v) is 9.83. The van der Waals surface area contributed by atoms with Gasteiger partial charge in [0, 0.05) is 24.8 Å². The van der Waals surface area contributed by atoms with E-state index in [2.05, 4.69) is 10.3 Å². The molecule has 22 heavy (non-hydrogen) atoms. The number of thiophene rings is 1. The fraction of sp³-hybridized carbons (Fsp3) is 0.333. The smallest absolute Gasteiger partial charge is 0.252 e. The Morgan fingerprint density at radius 1 is 1.41 bits per heavy atom. The van der Waals surface area contributed by atoms with Crippen LogP contribution in [0.2, 0.25) is 4.34 Å². The quantitative estimate of drug-likeness (QED) is 0.891. The summed E-state index contributed by atoms with van der Waals surface area (Å²) in [4.78, 5) is 16.3. The van der Waals surface area contributed by atoms with Gasteiger partial charge in [0.1, 0.15) is 4.21 Å². The lowest BCUT2D eigenvalue weighted by atomic mass is 10.2. The highest BCUT2D eigenvalue weighted by molar-refractivity contribution is 7.91. The zero-order chi connectivity index (χ0) is 15.9. The van der Waals surface area contributed by atoms with Crippen LogP contribution in [0, 0.1) is 0 Å². The summed E-state index contributed by atoms with van der Waals surface area (Å²) in [5, 5.41) is 3.15. The van der Waals surface area contributed by atoms with Gasteiger partial charge >= 0.3 is 0 Å². The van der Waals surface area contributed by atoms with E-state index in [-0.39, 0.29) is 16.7 Å². The van der Waals surface area contributed by atoms with Crippen LogP contribution in [0.15, 0.2) is 16.3 Å². The van der Waals surface area contributed by atoms with Crippen molar-refractivity contribution in [1.82, 2.24) is 9.29 Å². The summed E-state index contributed by atoms with van der Waals surface area (Å²) >= 11 is 8.19. The molecule has 1 N–H and O–H groups in total. The molecule has 118 valence electrons. The number of sulfonamides is 1. The van der Waals surface area contributed by atoms with Crippen molar-refractivity contribution in [3.8, 4) is 0 Å². The molecular formula is C12H12ClN3O3S3. The molecule has 6 nitrogen and oxygen atoms in total. The van der Waals surface area contributed by atoms with E-state index in [9.17, 15) is 13.2 Å². The predicted octanol–water partition coefficient (Wildman–Crippen LogP) is 2.56. The number of aromatic nitrogens is 1. The maximum atomic E-state index is 12.6. The number of carbonyl (C=O) groups excluding carboxylic acids is 1. The second-order valence-corrected chi connectivity index (χ2v) is 9.68. The van der Waals surface area contributed by atoms with E-state index in [1.54, 1.807) is 6.07 Å². The summed E-state index contributed by atoms with van der Waals surface area (Å²) in [5.74, 6) is -0.191. The summed E-state index contributed by atoms with van der Waals surface area (Å²) in [7, 11) is -3.54. The molecule has 0 aliphatic carbocycles. The van der Waals surface area contributed by atoms with Crippen molar-refractivity contribution in [3.05, 3.63) is 27.0 Å². The molecule has 2 aromatic rings. The minimum absolute atomic E-state index is 0.191. The third-order valence-corrected chi connectivity index (χ3v) is 7.66. The fourth-order valence-electron chi connectivity index (χ4n) is 2.14. The Bertz CT molecular complexity index is 828. The second-order valence-electron chi connectivity index (χ2n) is 4.72. The number of hydrogen-bond donors (Lipinski definition) is 1. The summed E-state index contributed by atoms with van der Waals surface area (Å²) < 4.78 is 27.3. The van der Waals surface area contributed by atoms with Gasteiger partial charge < -0.3 is 5.32 Å². The minimum Gasteiger partial charge on any atom is -0.302 e. The number of fused-ring (bicyclic) bond motifs is 1. The number of carbonyl (C=O) groups is 1. The predicted molar refractivity (Wildman–Crippen MR) is 87.0 cm³/mol. The molecule has 1 amide bonds. The Kier molecular flexibility index (Phi) is 4.25. The van der Waals surface area contributed by atoms with Gasteiger partial charge in [-0.3, -0.25) is 4.79 Å². The van der Waals surface area contributed by atoms with Crippen LogP contribution in [0.25, 0.3) is 0 Å². The highest BCUT2D eigenvalue weighted by Gasteiger charge is 2.31. The first-order valence-electron chi connectivity index (χ1n) is 6.38. The molecule has 1 aliphatic rings. The molecule has 0 spiro atoms. The van der Waals surface area contributed by atoms with Gasteiger partial charge in [-0.15, -0.1) is 22.7 Å². The lowest BCUT2D eigenvalue weighted by molar-refractivity contribution is -0.114. The van der Waals surface area contributed by atoms with Gasteiger partial charge in [0.2, 0.25) is 5.91 Å². The summed E-state index contributed by atoms with van der Waals surface area (Å²) in [6.45, 7) is 2.05. The van der Waals surface area contributed by atoms with E-state index in [4.69, 9.17) is 11.6 Å². The van der Waals surface area contributed by atoms with Gasteiger partial charge in [0.15, 0.2) is 5.13 Å². The number of anilines is 1. The molecule has 0 atom stereocenters. The number of halogens is 1. The van der Waals surface area contributed by atoms with E-state index in [1.807, 2.05) is 0 Å². The summed E-state index contributed by atoms with van der Waals surface area (Å²) in [5.41, 5.74) is 0.851. The van der Waals surface area contributed by atoms with Crippen LogP contribution >= 0.6 is 34.3 Å². The molecule has 10 heteroatoms. The van der Waals surface area contributed by atoms with Crippen molar-refractivity contribution >= 4 is 55.3 Å². The van der Waals surface area contributed by atoms with Crippen LogP contribution in [-0.2, 0) is 27.8 Å². The van der Waals surface area contributed by atoms with E-state index in [0.717, 1.165) is 21.9 Å². The van der Waals surface area contributed by atoms with Crippen molar-refractivity contribution in [2.45, 2.75) is 24.1 Å². The number of rotatable bonds is 3. The zero-order valence-electron chi connectivity index (χ0n) is 11.5. The van der Waals surface area contributed by atoms with Crippen molar-refractivity contribution < 1.29 is 13.2 Å². The van der Waals surface area contributed by atoms with Crippen LogP contribution in [0.1, 0.15) is 17.5 Å². The molecule has 3 heterocycles. The zero-order valence-corrected chi connectivity index (χ0v) is 14.7. The van der Waals surface area contributed by atoms with Crippen molar-refractivity contribution in [1.29, 1.82) is 0 Å². The molecule has 0 unspecified atom stereocenters. The Hall–Kier alpha value is -1.000. The number of nitrogens with zero attached hydrogens (tertiary/aromatic N) is 2. The van der Waals surface area contributed by atoms with Crippen molar-refractivity contribution in [3.63, 3.8) is 0 Å². The van der Waals surface area contributed by atoms with Crippen LogP contribution in [0.3, 0.4) is 0 Å². The van der Waals surface area contributed by atoms with Gasteiger partial charge in [-0.2, -0.15) is 4.31 Å². The molecule has 0 bridgehead atoms. The van der Waals surface area contributed by atoms with Gasteiger partial charge in [-0.1, -0.05) is 11.6 Å². The average molecular weight is 378 g/mol. The Balaban J connectivity index is 1.84. The maximum Gasteiger partial charge on any atom is 0.252 e. The van der Waals surface area contributed by atoms with Gasteiger partial charge in [0.25, 0.3) is 10.0 Å². The van der Waals surface area contributed by atoms with Crippen LogP contribution in [0.4, 0.5) is 5.13 Å². The van der Waals surface area contributed by atoms with E-state index in [0.29, 0.717) is 22.4 Å². The van der Waals surface area contributed by atoms with Crippen LogP contribution in [0.5, 0.6) is 0 Å². The van der Waals surface area contributed by atoms with Gasteiger partial charge in [0.05, 0.1) is 16.6 Å². The highest BCUT2D eigenvalue weighted by Crippen LogP contribution is 2.33. The summed E-state index contributed by atoms with van der Waals surface area (Å²) in [6, 6.07) is 3.10. The fourth-order valence-corrected chi connectivity index (χ4v) is 6.34. The number of amides is 1. The first-order chi connectivity index (χ1) is 10.4. The number of hydrogen-bond acceptors (Lipinski definition) is 6. The first kappa shape index (κ1) is 15.9. The number of thiazole rings is 1. The lowest BCUT2D eigenvalue weighted by Crippen LogP contribution is -2.35. The third kappa shape index (κ3) is 3.04. The van der Waals surface area contributed by atoms with Crippen LogP contribution in [-0.4, -0.2) is 30.2 Å². The van der Waals surface area contributed by atoms with E-state index in [1.165, 1.54) is 28.6 Å². The lowest BCUT2D eigenvalue weighted by Gasteiger charge is -2.24. The Morgan fingerprint density at radius 2 is 2.18 bits per heavy atom. The topological polar surface area (TPSA) is 79.4 Å². The highest BCUT2D eigenvalue weighted by atomic mass is 35.5. The molecule has 0 aromatic carbocycles. The monoisotopic (exact) mass is 377 g/mol. The summed E-state index contributed by atoms with van der Waals surface area (Å²) in [6.07, 6.45) is 0.532. The van der Waals surface area contributed by atoms with Crippen molar-refractivity contribution in [2.24, 2.45) is 0 Å².